The molecule has 0 amide bonds. The van der Waals surface area contributed by atoms with Crippen molar-refractivity contribution in [1.82, 2.24) is 5.32 Å². The number of nitrogens with one attached hydrogen (secondary N) is 1. The van der Waals surface area contributed by atoms with Crippen LogP contribution in [0, 0.1) is 5.92 Å². The van der Waals surface area contributed by atoms with E-state index in [4.69, 9.17) is 4.74 Å². The molecule has 2 nitrogen and oxygen atoms in total. The molecule has 0 saturated carbocycles. The predicted octanol–water partition coefficient (Wildman–Crippen LogP) is 4.99. The molecule has 0 saturated heterocycles. The highest BCUT2D eigenvalue weighted by Crippen LogP contribution is 2.27. The minimum atomic E-state index is 0.639. The topological polar surface area (TPSA) is 21.3 Å². The van der Waals surface area contributed by atoms with E-state index >= 15 is 0 Å². The zero-order valence-corrected chi connectivity index (χ0v) is 13.5. The second-order valence-electron chi connectivity index (χ2n) is 5.19. The van der Waals surface area contributed by atoms with Gasteiger partial charge in [0.2, 0.25) is 0 Å². The third-order valence-corrected chi connectivity index (χ3v) is 3.35. The molecule has 0 atom stereocenters. The summed E-state index contributed by atoms with van der Waals surface area (Å²) < 4.78 is 7.03. The van der Waals surface area contributed by atoms with Crippen LogP contribution in [0.15, 0.2) is 53.0 Å². The van der Waals surface area contributed by atoms with Gasteiger partial charge in [-0.05, 0) is 42.8 Å². The Morgan fingerprint density at radius 1 is 1.10 bits per heavy atom. The first-order chi connectivity index (χ1) is 9.65. The molecule has 1 N–H and O–H groups in total. The number of hydrogen-bond donors (Lipinski definition) is 1. The molecular weight excluding hydrogens is 314 g/mol. The monoisotopic (exact) mass is 333 g/mol. The van der Waals surface area contributed by atoms with E-state index in [1.165, 1.54) is 0 Å². The number of rotatable bonds is 6. The van der Waals surface area contributed by atoms with Crippen LogP contribution in [0.1, 0.15) is 19.4 Å². The molecule has 2 aromatic rings. The van der Waals surface area contributed by atoms with Gasteiger partial charge in [-0.3, -0.25) is 0 Å². The Labute approximate surface area is 129 Å². The molecule has 0 aromatic heterocycles. The number of benzene rings is 2. The number of ether oxygens (including phenoxy) is 1. The van der Waals surface area contributed by atoms with Crippen molar-refractivity contribution in [3.8, 4) is 11.5 Å². The average molecular weight is 334 g/mol. The van der Waals surface area contributed by atoms with Gasteiger partial charge >= 0.3 is 0 Å². The van der Waals surface area contributed by atoms with E-state index in [9.17, 15) is 0 Å². The molecule has 0 unspecified atom stereocenters. The molecule has 0 spiro atoms. The second-order valence-corrected chi connectivity index (χ2v) is 6.11. The lowest BCUT2D eigenvalue weighted by molar-refractivity contribution is 0.469. The number of hydrogen-bond acceptors (Lipinski definition) is 2. The maximum absolute atomic E-state index is 5.96. The van der Waals surface area contributed by atoms with Crippen LogP contribution < -0.4 is 10.1 Å². The summed E-state index contributed by atoms with van der Waals surface area (Å²) in [7, 11) is 0. The molecule has 0 aliphatic carbocycles. The molecular formula is C17H20BrNO. The van der Waals surface area contributed by atoms with Gasteiger partial charge in [-0.2, -0.15) is 0 Å². The van der Waals surface area contributed by atoms with Gasteiger partial charge in [0.05, 0.1) is 0 Å². The van der Waals surface area contributed by atoms with E-state index in [1.807, 2.05) is 42.5 Å². The summed E-state index contributed by atoms with van der Waals surface area (Å²) in [5.74, 6) is 2.40. The van der Waals surface area contributed by atoms with Crippen molar-refractivity contribution in [3.05, 3.63) is 58.6 Å². The lowest BCUT2D eigenvalue weighted by Crippen LogP contribution is -2.19. The quantitative estimate of drug-likeness (QED) is 0.804. The Morgan fingerprint density at radius 2 is 1.85 bits per heavy atom. The first-order valence-electron chi connectivity index (χ1n) is 6.87. The summed E-state index contributed by atoms with van der Waals surface area (Å²) in [6, 6.07) is 16.0. The fourth-order valence-corrected chi connectivity index (χ4v) is 2.31. The Hall–Kier alpha value is -1.32. The van der Waals surface area contributed by atoms with Crippen molar-refractivity contribution in [3.63, 3.8) is 0 Å². The third-order valence-electron chi connectivity index (χ3n) is 2.86. The van der Waals surface area contributed by atoms with Gasteiger partial charge in [0, 0.05) is 16.6 Å². The summed E-state index contributed by atoms with van der Waals surface area (Å²) in [5, 5.41) is 3.45. The summed E-state index contributed by atoms with van der Waals surface area (Å²) in [6.45, 7) is 6.21. The lowest BCUT2D eigenvalue weighted by Gasteiger charge is -2.13. The van der Waals surface area contributed by atoms with E-state index in [0.29, 0.717) is 5.92 Å². The second kappa shape index (κ2) is 7.46. The Balaban J connectivity index is 2.11. The Morgan fingerprint density at radius 3 is 2.55 bits per heavy atom. The molecule has 20 heavy (non-hydrogen) atoms. The number of halogens is 1. The van der Waals surface area contributed by atoms with Gasteiger partial charge < -0.3 is 10.1 Å². The van der Waals surface area contributed by atoms with Crippen molar-refractivity contribution in [2.45, 2.75) is 20.4 Å². The van der Waals surface area contributed by atoms with Crippen LogP contribution in [-0.4, -0.2) is 6.54 Å². The molecule has 0 aliphatic heterocycles. The minimum Gasteiger partial charge on any atom is -0.457 e. The standard InChI is InChI=1S/C17H20BrNO/c1-13(2)11-19-12-14-10-15(18)8-9-17(14)20-16-6-4-3-5-7-16/h3-10,13,19H,11-12H2,1-2H3. The molecule has 2 aromatic carbocycles. The normalized spacial score (nSPS) is 10.8. The Bertz CT molecular complexity index is 540. The first kappa shape index (κ1) is 15.1. The van der Waals surface area contributed by atoms with Gasteiger partial charge in [-0.1, -0.05) is 48.0 Å². The number of para-hydroxylation sites is 1. The fraction of sp³-hybridized carbons (Fsp3) is 0.294. The van der Waals surface area contributed by atoms with Crippen molar-refractivity contribution in [2.75, 3.05) is 6.54 Å². The van der Waals surface area contributed by atoms with Crippen LogP contribution in [0.4, 0.5) is 0 Å². The summed E-state index contributed by atoms with van der Waals surface area (Å²) in [6.07, 6.45) is 0. The average Bonchev–Trinajstić information content (AvgIpc) is 2.42. The highest BCUT2D eigenvalue weighted by atomic mass is 79.9. The summed E-state index contributed by atoms with van der Waals surface area (Å²) in [4.78, 5) is 0. The smallest absolute Gasteiger partial charge is 0.131 e. The highest BCUT2D eigenvalue weighted by Gasteiger charge is 2.06. The van der Waals surface area contributed by atoms with Gasteiger partial charge in [-0.15, -0.1) is 0 Å². The van der Waals surface area contributed by atoms with E-state index in [0.717, 1.165) is 34.6 Å². The van der Waals surface area contributed by atoms with Gasteiger partial charge in [0.25, 0.3) is 0 Å². The van der Waals surface area contributed by atoms with Crippen molar-refractivity contribution >= 4 is 15.9 Å². The van der Waals surface area contributed by atoms with Crippen LogP contribution in [0.2, 0.25) is 0 Å². The van der Waals surface area contributed by atoms with Crippen molar-refractivity contribution in [1.29, 1.82) is 0 Å². The SMILES string of the molecule is CC(C)CNCc1cc(Br)ccc1Oc1ccccc1. The molecule has 0 aliphatic rings. The zero-order chi connectivity index (χ0) is 14.4. The maximum atomic E-state index is 5.96. The third kappa shape index (κ3) is 4.66. The van der Waals surface area contributed by atoms with Gasteiger partial charge in [-0.25, -0.2) is 0 Å². The Kier molecular flexibility index (Phi) is 5.62. The molecule has 106 valence electrons. The fourth-order valence-electron chi connectivity index (χ4n) is 1.90. The largest absolute Gasteiger partial charge is 0.457 e. The molecule has 0 radical (unpaired) electrons. The highest BCUT2D eigenvalue weighted by molar-refractivity contribution is 9.10. The molecule has 0 heterocycles. The summed E-state index contributed by atoms with van der Waals surface area (Å²) >= 11 is 3.52. The van der Waals surface area contributed by atoms with Crippen molar-refractivity contribution in [2.24, 2.45) is 5.92 Å². The van der Waals surface area contributed by atoms with E-state index < -0.39 is 0 Å². The van der Waals surface area contributed by atoms with E-state index in [1.54, 1.807) is 0 Å². The zero-order valence-electron chi connectivity index (χ0n) is 11.9. The summed E-state index contributed by atoms with van der Waals surface area (Å²) in [5.41, 5.74) is 1.16. The molecule has 2 rings (SSSR count). The molecule has 0 fully saturated rings. The van der Waals surface area contributed by atoms with Crippen LogP contribution >= 0.6 is 15.9 Å². The van der Waals surface area contributed by atoms with Crippen LogP contribution in [-0.2, 0) is 6.54 Å². The minimum absolute atomic E-state index is 0.639. The van der Waals surface area contributed by atoms with E-state index in [-0.39, 0.29) is 0 Å². The van der Waals surface area contributed by atoms with Crippen LogP contribution in [0.3, 0.4) is 0 Å². The lowest BCUT2D eigenvalue weighted by atomic mass is 10.2. The van der Waals surface area contributed by atoms with Gasteiger partial charge in [0.1, 0.15) is 11.5 Å². The van der Waals surface area contributed by atoms with Gasteiger partial charge in [0.15, 0.2) is 0 Å². The molecule has 3 heteroatoms. The van der Waals surface area contributed by atoms with Crippen LogP contribution in [0.5, 0.6) is 11.5 Å². The van der Waals surface area contributed by atoms with Crippen LogP contribution in [0.25, 0.3) is 0 Å². The predicted molar refractivity (Wildman–Crippen MR) is 87.2 cm³/mol. The maximum Gasteiger partial charge on any atom is 0.131 e. The van der Waals surface area contributed by atoms with Crippen molar-refractivity contribution < 1.29 is 4.74 Å². The first-order valence-corrected chi connectivity index (χ1v) is 7.66. The van der Waals surface area contributed by atoms with E-state index in [2.05, 4.69) is 41.2 Å². The molecule has 0 bridgehead atoms.